The molecule has 2 aromatic rings. The van der Waals surface area contributed by atoms with Gasteiger partial charge in [0.15, 0.2) is 5.79 Å². The van der Waals surface area contributed by atoms with Crippen molar-refractivity contribution < 1.29 is 47.9 Å². The smallest absolute Gasteiger partial charge is 0.338 e. The van der Waals surface area contributed by atoms with Crippen LogP contribution < -0.4 is 0 Å². The molecule has 0 aliphatic carbocycles. The summed E-state index contributed by atoms with van der Waals surface area (Å²) in [4.78, 5) is 26.6. The number of aliphatic hydroxyl groups is 1. The van der Waals surface area contributed by atoms with Crippen molar-refractivity contribution in [2.24, 2.45) is 23.7 Å². The van der Waals surface area contributed by atoms with E-state index < -0.39 is 48.2 Å². The third kappa shape index (κ3) is 7.72. The Kier molecular flexibility index (Phi) is 11.3. The first kappa shape index (κ1) is 37.4. The number of carbonyl (C=O) groups is 2. The van der Waals surface area contributed by atoms with E-state index in [9.17, 15) is 14.7 Å². The van der Waals surface area contributed by atoms with Gasteiger partial charge >= 0.3 is 11.9 Å². The van der Waals surface area contributed by atoms with Crippen LogP contribution in [0.3, 0.4) is 0 Å². The Bertz CT molecular complexity index is 1530. The summed E-state index contributed by atoms with van der Waals surface area (Å²) in [5.41, 5.74) is 0.816. The van der Waals surface area contributed by atoms with Gasteiger partial charge in [0, 0.05) is 33.6 Å². The fourth-order valence-corrected chi connectivity index (χ4v) is 9.25. The van der Waals surface area contributed by atoms with Crippen LogP contribution in [0.25, 0.3) is 0 Å². The van der Waals surface area contributed by atoms with Gasteiger partial charge in [0.05, 0.1) is 54.4 Å². The number of rotatable bonds is 5. The monoisotopic (exact) mass is 834 g/mol. The first-order chi connectivity index (χ1) is 24.4. The summed E-state index contributed by atoms with van der Waals surface area (Å²) >= 11 is 6.83. The highest BCUT2D eigenvalue weighted by Gasteiger charge is 2.60. The van der Waals surface area contributed by atoms with Crippen molar-refractivity contribution in [1.29, 1.82) is 0 Å². The van der Waals surface area contributed by atoms with Gasteiger partial charge in [-0.1, -0.05) is 59.6 Å². The molecule has 0 aromatic heterocycles. The second kappa shape index (κ2) is 15.5. The molecule has 0 saturated carbocycles. The molecule has 5 aliphatic heterocycles. The van der Waals surface area contributed by atoms with Crippen LogP contribution in [0.1, 0.15) is 80.5 Å². The van der Waals surface area contributed by atoms with Crippen molar-refractivity contribution in [2.75, 3.05) is 13.2 Å². The third-order valence-corrected chi connectivity index (χ3v) is 12.9. The minimum Gasteiger partial charge on any atom is -0.459 e. The van der Waals surface area contributed by atoms with Crippen LogP contribution >= 0.6 is 31.9 Å². The van der Waals surface area contributed by atoms with Crippen LogP contribution in [0.5, 0.6) is 0 Å². The van der Waals surface area contributed by atoms with Crippen LogP contribution in [0.15, 0.2) is 57.5 Å². The topological polar surface area (TPSA) is 119 Å². The van der Waals surface area contributed by atoms with Gasteiger partial charge < -0.3 is 38.3 Å². The largest absolute Gasteiger partial charge is 0.459 e. The molecule has 1 N–H and O–H groups in total. The lowest BCUT2D eigenvalue weighted by molar-refractivity contribution is -0.338. The van der Waals surface area contributed by atoms with Gasteiger partial charge in [-0.3, -0.25) is 0 Å². The van der Waals surface area contributed by atoms with E-state index in [0.29, 0.717) is 37.0 Å². The molecule has 0 radical (unpaired) electrons. The van der Waals surface area contributed by atoms with E-state index in [4.69, 9.17) is 33.2 Å². The Morgan fingerprint density at radius 2 is 1.41 bits per heavy atom. The van der Waals surface area contributed by atoms with Crippen molar-refractivity contribution >= 4 is 43.8 Å². The molecule has 5 heterocycles. The van der Waals surface area contributed by atoms with Crippen molar-refractivity contribution in [3.63, 3.8) is 0 Å². The Morgan fingerprint density at radius 1 is 0.784 bits per heavy atom. The van der Waals surface area contributed by atoms with E-state index in [-0.39, 0.29) is 54.7 Å². The zero-order valence-electron chi connectivity index (χ0n) is 29.5. The number of fused-ring (bicyclic) bond motifs is 3. The van der Waals surface area contributed by atoms with Gasteiger partial charge in [-0.2, -0.15) is 0 Å². The first-order valence-corrected chi connectivity index (χ1v) is 19.9. The minimum absolute atomic E-state index is 0.0617. The summed E-state index contributed by atoms with van der Waals surface area (Å²) in [6.45, 7) is 8.95. The van der Waals surface area contributed by atoms with Gasteiger partial charge in [-0.25, -0.2) is 9.59 Å². The average Bonchev–Trinajstić information content (AvgIpc) is 3.56. The van der Waals surface area contributed by atoms with E-state index in [1.54, 1.807) is 48.5 Å². The molecule has 10 nitrogen and oxygen atoms in total. The molecule has 0 unspecified atom stereocenters. The van der Waals surface area contributed by atoms with E-state index >= 15 is 0 Å². The Labute approximate surface area is 316 Å². The van der Waals surface area contributed by atoms with Crippen molar-refractivity contribution in [3.05, 3.63) is 68.6 Å². The molecule has 51 heavy (non-hydrogen) atoms. The molecule has 1 spiro atoms. The SMILES string of the molecule is C[C@@H]1C[C@@H]2O[C@@H]3[C@@H](C)[C@H](O)[C@@H]4O[C@]5(CCCO5)[C@@H](C)[C@H](C)[C@H]4O[C@H]3C[C@H]2O[C@@H](COC(=O)c2ccc(Br)cc2)[C@H](OC(=O)c2ccc(Br)cc2)C1. The second-order valence-corrected chi connectivity index (χ2v) is 17.0. The molecule has 12 heteroatoms. The number of carbonyl (C=O) groups excluding carboxylic acids is 2. The molecule has 278 valence electrons. The fraction of sp³-hybridized carbons (Fsp3) is 0.641. The highest BCUT2D eigenvalue weighted by Crippen LogP contribution is 2.50. The molecule has 5 saturated heterocycles. The molecule has 0 amide bonds. The second-order valence-electron chi connectivity index (χ2n) is 15.2. The molecule has 14 atom stereocenters. The van der Waals surface area contributed by atoms with Gasteiger partial charge in [0.1, 0.15) is 24.9 Å². The lowest BCUT2D eigenvalue weighted by Gasteiger charge is -2.51. The molecular weight excluding hydrogens is 788 g/mol. The van der Waals surface area contributed by atoms with Gasteiger partial charge in [-0.15, -0.1) is 0 Å². The Balaban J connectivity index is 1.14. The van der Waals surface area contributed by atoms with Crippen molar-refractivity contribution in [1.82, 2.24) is 0 Å². The number of ether oxygens (including phenoxy) is 7. The standard InChI is InChI=1S/C39H48Br2O10/c1-20-16-28-30(18-31-34(48-28)22(3)33(42)36-35(49-31)21(2)23(4)39(51-36)14-5-15-46-39)47-32(19-45-37(43)24-6-10-26(40)11-7-24)29(17-20)50-38(44)25-8-12-27(41)13-9-25/h6-13,20-23,28-36,42H,5,14-19H2,1-4H3/t20-,21+,22+,23+,28+,29-,30-,31+,32+,33+,34-,35-,36+,39-/m1/s1. The zero-order valence-corrected chi connectivity index (χ0v) is 32.6. The van der Waals surface area contributed by atoms with Gasteiger partial charge in [0.25, 0.3) is 0 Å². The summed E-state index contributed by atoms with van der Waals surface area (Å²) < 4.78 is 47.3. The van der Waals surface area contributed by atoms with Gasteiger partial charge in [0.2, 0.25) is 0 Å². The highest BCUT2D eigenvalue weighted by molar-refractivity contribution is 9.10. The van der Waals surface area contributed by atoms with Crippen LogP contribution in [-0.2, 0) is 33.2 Å². The number of hydrogen-bond donors (Lipinski definition) is 1. The van der Waals surface area contributed by atoms with E-state index in [1.807, 2.05) is 6.92 Å². The lowest BCUT2D eigenvalue weighted by atomic mass is 9.76. The van der Waals surface area contributed by atoms with Crippen LogP contribution in [0.4, 0.5) is 0 Å². The van der Waals surface area contributed by atoms with Gasteiger partial charge in [-0.05, 0) is 79.6 Å². The summed E-state index contributed by atoms with van der Waals surface area (Å²) in [6.07, 6.45) is -1.35. The predicted molar refractivity (Wildman–Crippen MR) is 193 cm³/mol. The maximum absolute atomic E-state index is 13.4. The summed E-state index contributed by atoms with van der Waals surface area (Å²) in [5, 5.41) is 11.8. The van der Waals surface area contributed by atoms with Crippen LogP contribution in [0.2, 0.25) is 0 Å². The Hall–Kier alpha value is -1.90. The number of benzene rings is 2. The molecule has 5 aliphatic rings. The van der Waals surface area contributed by atoms with E-state index in [1.165, 1.54) is 0 Å². The number of aliphatic hydroxyl groups excluding tert-OH is 1. The molecule has 0 bridgehead atoms. The molecule has 2 aromatic carbocycles. The normalized spacial score (nSPS) is 40.9. The van der Waals surface area contributed by atoms with Crippen molar-refractivity contribution in [3.8, 4) is 0 Å². The average molecular weight is 837 g/mol. The fourth-order valence-electron chi connectivity index (χ4n) is 8.72. The van der Waals surface area contributed by atoms with E-state index in [2.05, 4.69) is 52.6 Å². The number of hydrogen-bond acceptors (Lipinski definition) is 10. The van der Waals surface area contributed by atoms with Crippen LogP contribution in [0, 0.1) is 23.7 Å². The third-order valence-electron chi connectivity index (χ3n) is 11.8. The Morgan fingerprint density at radius 3 is 2.06 bits per heavy atom. The van der Waals surface area contributed by atoms with Crippen molar-refractivity contribution in [2.45, 2.75) is 121 Å². The predicted octanol–water partition coefficient (Wildman–Crippen LogP) is 6.88. The summed E-state index contributed by atoms with van der Waals surface area (Å²) in [6, 6.07) is 13.9. The lowest BCUT2D eigenvalue weighted by Crippen LogP contribution is -2.60. The molecule has 7 rings (SSSR count). The minimum atomic E-state index is -0.808. The molecule has 5 fully saturated rings. The van der Waals surface area contributed by atoms with Crippen LogP contribution in [-0.4, -0.2) is 91.0 Å². The van der Waals surface area contributed by atoms with E-state index in [0.717, 1.165) is 21.8 Å². The summed E-state index contributed by atoms with van der Waals surface area (Å²) in [7, 11) is 0. The quantitative estimate of drug-likeness (QED) is 0.320. The zero-order chi connectivity index (χ0) is 36.0. The maximum atomic E-state index is 13.4. The summed E-state index contributed by atoms with van der Waals surface area (Å²) in [5.74, 6) is -1.76. The maximum Gasteiger partial charge on any atom is 0.338 e. The highest BCUT2D eigenvalue weighted by atomic mass is 79.9. The number of halogens is 2. The molecular formula is C39H48Br2O10. The number of esters is 2. The first-order valence-electron chi connectivity index (χ1n) is 18.3.